The number of aryl methyl sites for hydroxylation is 1. The monoisotopic (exact) mass is 371 g/mol. The summed E-state index contributed by atoms with van der Waals surface area (Å²) in [5, 5.41) is 6.86. The highest BCUT2D eigenvalue weighted by molar-refractivity contribution is 6.08. The Morgan fingerprint density at radius 3 is 2.63 bits per heavy atom. The Kier molecular flexibility index (Phi) is 4.65. The fourth-order valence-corrected chi connectivity index (χ4v) is 2.74. The Hall–Kier alpha value is -3.29. The van der Waals surface area contributed by atoms with Gasteiger partial charge < -0.3 is 14.6 Å². The summed E-state index contributed by atoms with van der Waals surface area (Å²) in [5.41, 5.74) is -0.0839. The molecule has 0 aliphatic rings. The molecule has 0 bridgehead atoms. The van der Waals surface area contributed by atoms with Gasteiger partial charge in [-0.25, -0.2) is 14.2 Å². The van der Waals surface area contributed by atoms with Gasteiger partial charge in [0.2, 0.25) is 0 Å². The van der Waals surface area contributed by atoms with E-state index >= 15 is 0 Å². The molecule has 0 fully saturated rings. The van der Waals surface area contributed by atoms with E-state index in [9.17, 15) is 14.0 Å². The number of nitrogens with zero attached hydrogens (tertiary/aromatic N) is 2. The molecule has 0 radical (unpaired) electrons. The van der Waals surface area contributed by atoms with Crippen LogP contribution in [0.5, 0.6) is 0 Å². The lowest BCUT2D eigenvalue weighted by Crippen LogP contribution is -2.50. The molecule has 3 rings (SSSR count). The molecule has 0 unspecified atom stereocenters. The van der Waals surface area contributed by atoms with Gasteiger partial charge in [0.25, 0.3) is 11.6 Å². The molecule has 0 spiro atoms. The van der Waals surface area contributed by atoms with Crippen LogP contribution < -0.4 is 5.32 Å². The number of ether oxygens (including phenoxy) is 1. The zero-order chi connectivity index (χ0) is 19.8. The van der Waals surface area contributed by atoms with Gasteiger partial charge >= 0.3 is 5.97 Å². The number of carbonyl (C=O) groups excluding carboxylic acids is 2. The van der Waals surface area contributed by atoms with Crippen LogP contribution in [0, 0.1) is 12.7 Å². The fourth-order valence-electron chi connectivity index (χ4n) is 2.74. The van der Waals surface area contributed by atoms with Crippen LogP contribution in [0.3, 0.4) is 0 Å². The number of esters is 1. The van der Waals surface area contributed by atoms with Crippen LogP contribution in [-0.4, -0.2) is 34.7 Å². The predicted molar refractivity (Wildman–Crippen MR) is 95.5 cm³/mol. The van der Waals surface area contributed by atoms with Gasteiger partial charge in [-0.15, -0.1) is 0 Å². The van der Waals surface area contributed by atoms with E-state index in [-0.39, 0.29) is 22.5 Å². The second kappa shape index (κ2) is 6.79. The fraction of sp³-hybridized carbons (Fsp3) is 0.263. The van der Waals surface area contributed by atoms with Gasteiger partial charge in [-0.3, -0.25) is 4.79 Å². The maximum atomic E-state index is 14.2. The number of rotatable bonds is 4. The first-order chi connectivity index (χ1) is 12.7. The Labute approximate surface area is 154 Å². The summed E-state index contributed by atoms with van der Waals surface area (Å²) in [6, 6.07) is 7.52. The highest BCUT2D eigenvalue weighted by Crippen LogP contribution is 2.28. The zero-order valence-electron chi connectivity index (χ0n) is 15.3. The maximum Gasteiger partial charge on any atom is 0.330 e. The molecule has 0 aliphatic heterocycles. The Bertz CT molecular complexity index is 1040. The minimum absolute atomic E-state index is 0.106. The van der Waals surface area contributed by atoms with Crippen molar-refractivity contribution in [3.63, 3.8) is 0 Å². The number of carbonyl (C=O) groups is 2. The summed E-state index contributed by atoms with van der Waals surface area (Å²) < 4.78 is 24.1. The summed E-state index contributed by atoms with van der Waals surface area (Å²) in [5.74, 6) is -1.64. The number of hydrogen-bond acceptors (Lipinski definition) is 6. The molecule has 1 amide bonds. The molecule has 2 aromatic heterocycles. The van der Waals surface area contributed by atoms with Crippen molar-refractivity contribution < 1.29 is 23.2 Å². The molecule has 1 N–H and O–H groups in total. The molecule has 3 aromatic rings. The van der Waals surface area contributed by atoms with Crippen LogP contribution in [0.1, 0.15) is 29.9 Å². The minimum atomic E-state index is -1.26. The summed E-state index contributed by atoms with van der Waals surface area (Å²) >= 11 is 0. The van der Waals surface area contributed by atoms with E-state index in [1.165, 1.54) is 33.1 Å². The van der Waals surface area contributed by atoms with Gasteiger partial charge in [0.1, 0.15) is 11.4 Å². The smallest absolute Gasteiger partial charge is 0.330 e. The molecular formula is C19H18FN3O4. The third kappa shape index (κ3) is 3.38. The standard InChI is InChI=1S/C19H18FN3O4/c1-10-15-12(16(24)22-19(2,3)18(25)26-4)9-14(21-17(15)27-23-10)11-7-5-6-8-13(11)20/h5-9H,1-4H3,(H,22,24). The van der Waals surface area contributed by atoms with Crippen molar-refractivity contribution in [2.24, 2.45) is 0 Å². The lowest BCUT2D eigenvalue weighted by molar-refractivity contribution is -0.146. The Morgan fingerprint density at radius 1 is 1.26 bits per heavy atom. The minimum Gasteiger partial charge on any atom is -0.467 e. The van der Waals surface area contributed by atoms with Gasteiger partial charge in [-0.2, -0.15) is 0 Å². The number of nitrogens with one attached hydrogen (secondary N) is 1. The average molecular weight is 371 g/mol. The summed E-state index contributed by atoms with van der Waals surface area (Å²) in [6.07, 6.45) is 0. The highest BCUT2D eigenvalue weighted by Gasteiger charge is 2.32. The van der Waals surface area contributed by atoms with E-state index in [1.54, 1.807) is 25.1 Å². The largest absolute Gasteiger partial charge is 0.467 e. The predicted octanol–water partition coefficient (Wildman–Crippen LogP) is 3.02. The van der Waals surface area contributed by atoms with E-state index in [0.29, 0.717) is 11.1 Å². The van der Waals surface area contributed by atoms with E-state index in [1.807, 2.05) is 0 Å². The molecule has 0 aliphatic carbocycles. The molecule has 2 heterocycles. The molecule has 0 atom stereocenters. The summed E-state index contributed by atoms with van der Waals surface area (Å²) in [7, 11) is 1.24. The first kappa shape index (κ1) is 18.5. The van der Waals surface area contributed by atoms with Gasteiger partial charge in [0, 0.05) is 5.56 Å². The molecule has 0 saturated heterocycles. The number of halogens is 1. The van der Waals surface area contributed by atoms with Crippen molar-refractivity contribution in [3.05, 3.63) is 47.4 Å². The molecule has 7 nitrogen and oxygen atoms in total. The molecule has 0 saturated carbocycles. The lowest BCUT2D eigenvalue weighted by atomic mass is 10.0. The second-order valence-corrected chi connectivity index (χ2v) is 6.55. The average Bonchev–Trinajstić information content (AvgIpc) is 3.01. The van der Waals surface area contributed by atoms with E-state index in [2.05, 4.69) is 15.5 Å². The van der Waals surface area contributed by atoms with Crippen molar-refractivity contribution in [3.8, 4) is 11.3 Å². The van der Waals surface area contributed by atoms with E-state index in [4.69, 9.17) is 9.26 Å². The van der Waals surface area contributed by atoms with Crippen LogP contribution in [-0.2, 0) is 9.53 Å². The molecule has 140 valence electrons. The van der Waals surface area contributed by atoms with Crippen LogP contribution >= 0.6 is 0 Å². The molecule has 8 heteroatoms. The zero-order valence-corrected chi connectivity index (χ0v) is 15.3. The third-order valence-corrected chi connectivity index (χ3v) is 4.13. The van der Waals surface area contributed by atoms with E-state index in [0.717, 1.165) is 0 Å². The van der Waals surface area contributed by atoms with Crippen LogP contribution in [0.2, 0.25) is 0 Å². The van der Waals surface area contributed by atoms with Gasteiger partial charge in [-0.05, 0) is 39.0 Å². The SMILES string of the molecule is COC(=O)C(C)(C)NC(=O)c1cc(-c2ccccc2F)nc2onc(C)c12. The lowest BCUT2D eigenvalue weighted by Gasteiger charge is -2.23. The van der Waals surface area contributed by atoms with Crippen molar-refractivity contribution in [2.75, 3.05) is 7.11 Å². The molecule has 1 aromatic carbocycles. The van der Waals surface area contributed by atoms with Gasteiger partial charge in [0.05, 0.1) is 29.4 Å². The number of pyridine rings is 1. The quantitative estimate of drug-likeness (QED) is 0.709. The number of benzene rings is 1. The molecular weight excluding hydrogens is 353 g/mol. The third-order valence-electron chi connectivity index (χ3n) is 4.13. The number of methoxy groups -OCH3 is 1. The molecule has 27 heavy (non-hydrogen) atoms. The van der Waals surface area contributed by atoms with Crippen molar-refractivity contribution in [1.29, 1.82) is 0 Å². The summed E-state index contributed by atoms with van der Waals surface area (Å²) in [4.78, 5) is 29.1. The number of amides is 1. The van der Waals surface area contributed by atoms with Crippen LogP contribution in [0.25, 0.3) is 22.4 Å². The second-order valence-electron chi connectivity index (χ2n) is 6.55. The van der Waals surface area contributed by atoms with Crippen LogP contribution in [0.4, 0.5) is 4.39 Å². The topological polar surface area (TPSA) is 94.3 Å². The number of hydrogen-bond donors (Lipinski definition) is 1. The van der Waals surface area contributed by atoms with Crippen molar-refractivity contribution in [2.45, 2.75) is 26.3 Å². The normalized spacial score (nSPS) is 11.4. The maximum absolute atomic E-state index is 14.2. The first-order valence-corrected chi connectivity index (χ1v) is 8.17. The Balaban J connectivity index is 2.14. The van der Waals surface area contributed by atoms with Gasteiger partial charge in [0.15, 0.2) is 0 Å². The number of fused-ring (bicyclic) bond motifs is 1. The van der Waals surface area contributed by atoms with Crippen LogP contribution in [0.15, 0.2) is 34.9 Å². The summed E-state index contributed by atoms with van der Waals surface area (Å²) in [6.45, 7) is 4.71. The van der Waals surface area contributed by atoms with Gasteiger partial charge in [-0.1, -0.05) is 17.3 Å². The highest BCUT2D eigenvalue weighted by atomic mass is 19.1. The number of aromatic nitrogens is 2. The van der Waals surface area contributed by atoms with Crippen molar-refractivity contribution >= 4 is 23.0 Å². The van der Waals surface area contributed by atoms with Crippen molar-refractivity contribution in [1.82, 2.24) is 15.5 Å². The Morgan fingerprint density at radius 2 is 1.96 bits per heavy atom. The first-order valence-electron chi connectivity index (χ1n) is 8.17. The van der Waals surface area contributed by atoms with E-state index < -0.39 is 23.2 Å².